The van der Waals surface area contributed by atoms with Gasteiger partial charge in [-0.2, -0.15) is 4.21 Å². The van der Waals surface area contributed by atoms with E-state index in [9.17, 15) is 4.21 Å². The van der Waals surface area contributed by atoms with Crippen molar-refractivity contribution in [2.75, 3.05) is 0 Å². The first kappa shape index (κ1) is 10.4. The van der Waals surface area contributed by atoms with Crippen LogP contribution in [-0.2, 0) is 25.3 Å². The highest BCUT2D eigenvalue weighted by atomic mass is 32.2. The molecule has 1 aromatic rings. The van der Waals surface area contributed by atoms with Crippen LogP contribution in [0.25, 0.3) is 6.08 Å². The third kappa shape index (κ3) is 1.08. The minimum Gasteiger partial charge on any atom is -0.249 e. The lowest BCUT2D eigenvalue weighted by Crippen LogP contribution is -2.48. The van der Waals surface area contributed by atoms with Crippen LogP contribution in [0.1, 0.15) is 11.1 Å². The second-order valence-corrected chi connectivity index (χ2v) is 5.28. The van der Waals surface area contributed by atoms with Crippen LogP contribution in [0.5, 0.6) is 0 Å². The van der Waals surface area contributed by atoms with Gasteiger partial charge in [0.25, 0.3) is 0 Å². The lowest BCUT2D eigenvalue weighted by molar-refractivity contribution is 0.0534. The summed E-state index contributed by atoms with van der Waals surface area (Å²) in [5, 5.41) is 0. The van der Waals surface area contributed by atoms with E-state index in [1.165, 1.54) is 0 Å². The standard InChI is InChI=1S/C14H10O3S/c15-18-16-13-8-3-4-9-14(13,17-18)12-6-2-1-5-11(12)7-10-13/h1-10H. The van der Waals surface area contributed by atoms with Crippen molar-refractivity contribution in [1.82, 2.24) is 0 Å². The molecule has 18 heavy (non-hydrogen) atoms. The molecular weight excluding hydrogens is 248 g/mol. The zero-order valence-corrected chi connectivity index (χ0v) is 10.2. The van der Waals surface area contributed by atoms with Gasteiger partial charge >= 0.3 is 11.4 Å². The van der Waals surface area contributed by atoms with E-state index in [0.717, 1.165) is 11.1 Å². The molecule has 0 radical (unpaired) electrons. The van der Waals surface area contributed by atoms with Crippen LogP contribution < -0.4 is 0 Å². The minimum atomic E-state index is -1.74. The fourth-order valence-electron chi connectivity index (χ4n) is 2.81. The highest BCUT2D eigenvalue weighted by molar-refractivity contribution is 7.75. The van der Waals surface area contributed by atoms with Crippen LogP contribution in [0.4, 0.5) is 0 Å². The Hall–Kier alpha value is -1.49. The highest BCUT2D eigenvalue weighted by Crippen LogP contribution is 2.53. The number of hydrogen-bond acceptors (Lipinski definition) is 3. The van der Waals surface area contributed by atoms with Gasteiger partial charge in [-0.15, -0.1) is 0 Å². The van der Waals surface area contributed by atoms with Gasteiger partial charge in [-0.25, -0.2) is 8.37 Å². The Morgan fingerprint density at radius 1 is 1.00 bits per heavy atom. The molecule has 3 aliphatic rings. The van der Waals surface area contributed by atoms with Crippen LogP contribution >= 0.6 is 0 Å². The molecule has 1 heterocycles. The van der Waals surface area contributed by atoms with Gasteiger partial charge in [-0.1, -0.05) is 42.5 Å². The molecule has 3 unspecified atom stereocenters. The van der Waals surface area contributed by atoms with E-state index in [1.54, 1.807) is 0 Å². The maximum Gasteiger partial charge on any atom is 0.307 e. The van der Waals surface area contributed by atoms with Crippen molar-refractivity contribution in [2.24, 2.45) is 0 Å². The van der Waals surface area contributed by atoms with Crippen LogP contribution in [0.2, 0.25) is 0 Å². The number of allylic oxidation sites excluding steroid dienone is 2. The van der Waals surface area contributed by atoms with Crippen LogP contribution in [-0.4, -0.2) is 9.81 Å². The topological polar surface area (TPSA) is 35.5 Å². The quantitative estimate of drug-likeness (QED) is 0.717. The number of rotatable bonds is 0. The summed E-state index contributed by atoms with van der Waals surface area (Å²) < 4.78 is 22.9. The van der Waals surface area contributed by atoms with Crippen LogP contribution in [0.15, 0.2) is 54.6 Å². The summed E-state index contributed by atoms with van der Waals surface area (Å²) in [6.07, 6.45) is 11.5. The van der Waals surface area contributed by atoms with E-state index in [0.29, 0.717) is 0 Å². The Morgan fingerprint density at radius 2 is 1.83 bits per heavy atom. The summed E-state index contributed by atoms with van der Waals surface area (Å²) >= 11 is -1.74. The van der Waals surface area contributed by atoms with Crippen molar-refractivity contribution in [2.45, 2.75) is 11.2 Å². The highest BCUT2D eigenvalue weighted by Gasteiger charge is 2.61. The van der Waals surface area contributed by atoms with Crippen molar-refractivity contribution in [3.8, 4) is 0 Å². The summed E-state index contributed by atoms with van der Waals surface area (Å²) in [5.74, 6) is 0. The van der Waals surface area contributed by atoms with Gasteiger partial charge in [0, 0.05) is 5.56 Å². The van der Waals surface area contributed by atoms with Crippen molar-refractivity contribution in [3.63, 3.8) is 0 Å². The van der Waals surface area contributed by atoms with Gasteiger partial charge in [0.15, 0.2) is 11.2 Å². The first-order valence-corrected chi connectivity index (χ1v) is 6.72. The predicted octanol–water partition coefficient (Wildman–Crippen LogP) is 2.40. The zero-order valence-electron chi connectivity index (χ0n) is 9.41. The number of hydrogen-bond donors (Lipinski definition) is 0. The molecule has 1 fully saturated rings. The maximum absolute atomic E-state index is 11.7. The van der Waals surface area contributed by atoms with Crippen molar-refractivity contribution in [1.29, 1.82) is 0 Å². The number of fused-ring (bicyclic) bond motifs is 1. The van der Waals surface area contributed by atoms with Gasteiger partial charge < -0.3 is 0 Å². The second-order valence-electron chi connectivity index (χ2n) is 4.54. The van der Waals surface area contributed by atoms with Crippen molar-refractivity contribution in [3.05, 3.63) is 65.8 Å². The molecule has 0 bridgehead atoms. The van der Waals surface area contributed by atoms with E-state index in [4.69, 9.17) is 8.37 Å². The van der Waals surface area contributed by atoms with E-state index in [-0.39, 0.29) is 0 Å². The summed E-state index contributed by atoms with van der Waals surface area (Å²) in [6, 6.07) is 7.93. The molecule has 3 atom stereocenters. The first-order chi connectivity index (χ1) is 8.76. The molecule has 1 saturated heterocycles. The first-order valence-electron chi connectivity index (χ1n) is 5.72. The zero-order chi connectivity index (χ0) is 12.2. The lowest BCUT2D eigenvalue weighted by atomic mass is 9.70. The molecular formula is C14H10O3S. The van der Waals surface area contributed by atoms with Gasteiger partial charge in [0.1, 0.15) is 0 Å². The second kappa shape index (κ2) is 3.29. The van der Waals surface area contributed by atoms with Crippen molar-refractivity contribution >= 4 is 17.4 Å². The average molecular weight is 258 g/mol. The molecule has 0 saturated carbocycles. The third-order valence-electron chi connectivity index (χ3n) is 3.64. The molecule has 0 aromatic heterocycles. The SMILES string of the molecule is O=S1OC23C=CC=CC2(O1)c1ccccc1C=C3. The van der Waals surface area contributed by atoms with E-state index in [2.05, 4.69) is 0 Å². The Bertz CT molecular complexity index is 646. The molecule has 0 spiro atoms. The molecule has 1 aromatic carbocycles. The predicted molar refractivity (Wildman–Crippen MR) is 68.5 cm³/mol. The summed E-state index contributed by atoms with van der Waals surface area (Å²) in [7, 11) is 0. The Kier molecular flexibility index (Phi) is 1.91. The number of benzene rings is 1. The largest absolute Gasteiger partial charge is 0.307 e. The maximum atomic E-state index is 11.7. The fourth-order valence-corrected chi connectivity index (χ4v) is 3.79. The molecule has 0 amide bonds. The summed E-state index contributed by atoms with van der Waals surface area (Å²) in [4.78, 5) is 0. The van der Waals surface area contributed by atoms with Crippen molar-refractivity contribution < 1.29 is 12.6 Å². The molecule has 0 N–H and O–H groups in total. The van der Waals surface area contributed by atoms with E-state index < -0.39 is 22.6 Å². The smallest absolute Gasteiger partial charge is 0.249 e. The van der Waals surface area contributed by atoms with Crippen LogP contribution in [0.3, 0.4) is 0 Å². The Labute approximate surface area is 107 Å². The normalized spacial score (nSPS) is 39.2. The fraction of sp³-hybridized carbons (Fsp3) is 0.143. The van der Waals surface area contributed by atoms with E-state index >= 15 is 0 Å². The summed E-state index contributed by atoms with van der Waals surface area (Å²) in [6.45, 7) is 0. The molecule has 3 nitrogen and oxygen atoms in total. The van der Waals surface area contributed by atoms with Crippen LogP contribution in [0, 0.1) is 0 Å². The Morgan fingerprint density at radius 3 is 2.78 bits per heavy atom. The lowest BCUT2D eigenvalue weighted by Gasteiger charge is -2.40. The average Bonchev–Trinajstić information content (AvgIpc) is 2.71. The molecule has 90 valence electrons. The summed E-state index contributed by atoms with van der Waals surface area (Å²) in [5.41, 5.74) is 0.452. The van der Waals surface area contributed by atoms with Gasteiger partial charge in [-0.05, 0) is 23.8 Å². The van der Waals surface area contributed by atoms with Gasteiger partial charge in [-0.3, -0.25) is 0 Å². The minimum absolute atomic E-state index is 0.791. The molecule has 4 rings (SSSR count). The molecule has 2 aliphatic carbocycles. The monoisotopic (exact) mass is 258 g/mol. The van der Waals surface area contributed by atoms with Gasteiger partial charge in [0.05, 0.1) is 0 Å². The van der Waals surface area contributed by atoms with Gasteiger partial charge in [0.2, 0.25) is 0 Å². The third-order valence-corrected chi connectivity index (χ3v) is 4.45. The molecule has 4 heteroatoms. The Balaban J connectivity index is 2.07. The molecule has 1 aliphatic heterocycles. The van der Waals surface area contributed by atoms with E-state index in [1.807, 2.05) is 60.7 Å².